The maximum atomic E-state index is 9.82. The van der Waals surface area contributed by atoms with Gasteiger partial charge in [-0.05, 0) is 64.8 Å². The van der Waals surface area contributed by atoms with Crippen LogP contribution in [0.5, 0.6) is 0 Å². The number of rotatable bonds is 6. The van der Waals surface area contributed by atoms with E-state index in [1.165, 1.54) is 0 Å². The summed E-state index contributed by atoms with van der Waals surface area (Å²) in [5.41, 5.74) is 5.28. The zero-order valence-corrected chi connectivity index (χ0v) is 18.7. The van der Waals surface area contributed by atoms with Gasteiger partial charge in [0.1, 0.15) is 5.69 Å². The van der Waals surface area contributed by atoms with Crippen molar-refractivity contribution in [2.24, 2.45) is 0 Å². The van der Waals surface area contributed by atoms with Crippen LogP contribution < -0.4 is 25.8 Å². The summed E-state index contributed by atoms with van der Waals surface area (Å²) in [6, 6.07) is 8.03. The Morgan fingerprint density at radius 1 is 1.13 bits per heavy atom. The number of anilines is 5. The molecule has 2 aliphatic heterocycles. The summed E-state index contributed by atoms with van der Waals surface area (Å²) in [6.07, 6.45) is 1.97. The molecule has 0 aliphatic carbocycles. The van der Waals surface area contributed by atoms with Crippen LogP contribution in [0.15, 0.2) is 24.3 Å². The van der Waals surface area contributed by atoms with Crippen LogP contribution in [-0.4, -0.2) is 46.4 Å². The first kappa shape index (κ1) is 21.0. The number of hydrazine groups is 2. The second-order valence-corrected chi connectivity index (χ2v) is 8.81. The molecule has 0 spiro atoms. The summed E-state index contributed by atoms with van der Waals surface area (Å²) >= 11 is 6.06. The molecule has 1 fully saturated rings. The predicted molar refractivity (Wildman–Crippen MR) is 123 cm³/mol. The van der Waals surface area contributed by atoms with E-state index >= 15 is 0 Å². The van der Waals surface area contributed by atoms with E-state index in [1.54, 1.807) is 0 Å². The largest absolute Gasteiger partial charge is 0.394 e. The van der Waals surface area contributed by atoms with E-state index in [0.717, 1.165) is 42.4 Å². The Morgan fingerprint density at radius 2 is 1.83 bits per heavy atom. The van der Waals surface area contributed by atoms with Gasteiger partial charge < -0.3 is 15.3 Å². The van der Waals surface area contributed by atoms with Gasteiger partial charge in [-0.15, -0.1) is 5.53 Å². The van der Waals surface area contributed by atoms with Crippen molar-refractivity contribution >= 4 is 40.6 Å². The third-order valence-electron chi connectivity index (χ3n) is 5.52. The molecule has 8 nitrogen and oxygen atoms in total. The Hall–Kier alpha value is -2.29. The maximum Gasteiger partial charge on any atom is 0.229 e. The molecule has 162 valence electrons. The van der Waals surface area contributed by atoms with Crippen LogP contribution in [0.1, 0.15) is 40.5 Å². The number of aromatic nitrogens is 2. The molecule has 3 N–H and O–H groups in total. The Balaban J connectivity index is 1.83. The van der Waals surface area contributed by atoms with Gasteiger partial charge in [-0.1, -0.05) is 11.6 Å². The highest BCUT2D eigenvalue weighted by molar-refractivity contribution is 6.30. The summed E-state index contributed by atoms with van der Waals surface area (Å²) in [7, 11) is 0. The number of benzene rings is 1. The van der Waals surface area contributed by atoms with Crippen LogP contribution in [0.3, 0.4) is 0 Å². The quantitative estimate of drug-likeness (QED) is 0.639. The Bertz CT molecular complexity index is 890. The molecule has 30 heavy (non-hydrogen) atoms. The minimum absolute atomic E-state index is 0.0505. The number of nitrogens with one attached hydrogen (secondary N) is 2. The van der Waals surface area contributed by atoms with E-state index in [1.807, 2.05) is 24.3 Å². The number of halogens is 1. The van der Waals surface area contributed by atoms with Gasteiger partial charge in [0, 0.05) is 29.3 Å². The van der Waals surface area contributed by atoms with E-state index in [-0.39, 0.29) is 24.7 Å². The minimum Gasteiger partial charge on any atom is -0.394 e. The van der Waals surface area contributed by atoms with Gasteiger partial charge in [-0.25, -0.2) is 0 Å². The summed E-state index contributed by atoms with van der Waals surface area (Å²) in [6.45, 7) is 9.45. The Labute approximate surface area is 182 Å². The number of nitrogens with zero attached hydrogens (tertiary/aromatic N) is 5. The van der Waals surface area contributed by atoms with Gasteiger partial charge in [-0.3, -0.25) is 10.0 Å². The molecule has 9 heteroatoms. The van der Waals surface area contributed by atoms with E-state index in [9.17, 15) is 5.11 Å². The fraction of sp³-hybridized carbons (Fsp3) is 0.524. The van der Waals surface area contributed by atoms with Crippen molar-refractivity contribution in [3.05, 3.63) is 29.3 Å². The van der Waals surface area contributed by atoms with Gasteiger partial charge in [0.2, 0.25) is 5.95 Å². The fourth-order valence-electron chi connectivity index (χ4n) is 3.94. The molecule has 0 amide bonds. The van der Waals surface area contributed by atoms with Gasteiger partial charge in [-0.2, -0.15) is 9.97 Å². The standard InChI is InChI=1S/C21H30ClN7O/c1-13(2)28-18-19(23-16-9-7-15(22)8-10-16)24-21(27-11-5-6-17(27)12-30)25-20(18)29(26-28)14(3)4/h7-10,13-14,17,26,30H,5-6,11-12H2,1-4H3,(H,23,24,25)/t17-/m1/s1. The number of aliphatic hydroxyl groups excluding tert-OH is 1. The SMILES string of the molecule is CC(C)N1NN(C(C)C)c2c(Nc3ccc(Cl)cc3)nc(N3CCC[C@@H]3CO)nc21. The average Bonchev–Trinajstić information content (AvgIpc) is 3.34. The van der Waals surface area contributed by atoms with Crippen LogP contribution in [-0.2, 0) is 0 Å². The molecule has 1 aromatic heterocycles. The third kappa shape index (κ3) is 3.87. The van der Waals surface area contributed by atoms with Crippen molar-refractivity contribution in [2.45, 2.75) is 58.7 Å². The lowest BCUT2D eigenvalue weighted by molar-refractivity contribution is 0.265. The lowest BCUT2D eigenvalue weighted by Gasteiger charge is -2.27. The first-order chi connectivity index (χ1) is 14.4. The zero-order valence-electron chi connectivity index (χ0n) is 17.9. The van der Waals surface area contributed by atoms with E-state index in [2.05, 4.69) is 53.5 Å². The number of fused-ring (bicyclic) bond motifs is 1. The van der Waals surface area contributed by atoms with E-state index < -0.39 is 0 Å². The Morgan fingerprint density at radius 3 is 2.47 bits per heavy atom. The average molecular weight is 432 g/mol. The fourth-order valence-corrected chi connectivity index (χ4v) is 4.07. The van der Waals surface area contributed by atoms with E-state index in [0.29, 0.717) is 11.0 Å². The smallest absolute Gasteiger partial charge is 0.229 e. The monoisotopic (exact) mass is 431 g/mol. The lowest BCUT2D eigenvalue weighted by atomic mass is 10.2. The predicted octanol–water partition coefficient (Wildman–Crippen LogP) is 3.70. The molecule has 2 aromatic rings. The van der Waals surface area contributed by atoms with Gasteiger partial charge in [0.25, 0.3) is 0 Å². The van der Waals surface area contributed by atoms with Crippen LogP contribution >= 0.6 is 11.6 Å². The minimum atomic E-state index is 0.0505. The van der Waals surface area contributed by atoms with Crippen molar-refractivity contribution in [2.75, 3.05) is 33.4 Å². The molecule has 0 saturated carbocycles. The first-order valence-corrected chi connectivity index (χ1v) is 10.9. The summed E-state index contributed by atoms with van der Waals surface area (Å²) in [4.78, 5) is 12.0. The van der Waals surface area contributed by atoms with Crippen LogP contribution in [0, 0.1) is 0 Å². The number of hydrogen-bond acceptors (Lipinski definition) is 8. The second kappa shape index (κ2) is 8.45. The molecule has 1 saturated heterocycles. The summed E-state index contributed by atoms with van der Waals surface area (Å²) in [5, 5.41) is 18.1. The molecular weight excluding hydrogens is 402 g/mol. The summed E-state index contributed by atoms with van der Waals surface area (Å²) in [5.74, 6) is 2.20. The molecule has 1 aromatic carbocycles. The van der Waals surface area contributed by atoms with Crippen molar-refractivity contribution in [1.29, 1.82) is 0 Å². The lowest BCUT2D eigenvalue weighted by Crippen LogP contribution is -2.50. The molecule has 0 unspecified atom stereocenters. The van der Waals surface area contributed by atoms with Crippen molar-refractivity contribution < 1.29 is 5.11 Å². The molecule has 0 bridgehead atoms. The number of aliphatic hydroxyl groups is 1. The normalized spacial score (nSPS) is 18.7. The molecule has 4 rings (SSSR count). The van der Waals surface area contributed by atoms with Crippen molar-refractivity contribution in [3.8, 4) is 0 Å². The first-order valence-electron chi connectivity index (χ1n) is 10.6. The highest BCUT2D eigenvalue weighted by atomic mass is 35.5. The van der Waals surface area contributed by atoms with Gasteiger partial charge >= 0.3 is 0 Å². The van der Waals surface area contributed by atoms with Crippen LogP contribution in [0.4, 0.5) is 29.0 Å². The van der Waals surface area contributed by atoms with E-state index in [4.69, 9.17) is 21.6 Å². The van der Waals surface area contributed by atoms with Crippen molar-refractivity contribution in [1.82, 2.24) is 15.5 Å². The second-order valence-electron chi connectivity index (χ2n) is 8.38. The molecule has 1 atom stereocenters. The highest BCUT2D eigenvalue weighted by Gasteiger charge is 2.36. The molecule has 0 radical (unpaired) electrons. The Kier molecular flexibility index (Phi) is 5.90. The highest BCUT2D eigenvalue weighted by Crippen LogP contribution is 2.42. The maximum absolute atomic E-state index is 9.82. The van der Waals surface area contributed by atoms with Crippen LogP contribution in [0.2, 0.25) is 5.02 Å². The van der Waals surface area contributed by atoms with Crippen LogP contribution in [0.25, 0.3) is 0 Å². The molecule has 3 heterocycles. The topological polar surface area (TPSA) is 79.8 Å². The number of hydrogen-bond donors (Lipinski definition) is 3. The van der Waals surface area contributed by atoms with Gasteiger partial charge in [0.15, 0.2) is 11.6 Å². The zero-order chi connectivity index (χ0) is 21.4. The molecule has 2 aliphatic rings. The van der Waals surface area contributed by atoms with Crippen molar-refractivity contribution in [3.63, 3.8) is 0 Å². The molecular formula is C21H30ClN7O. The third-order valence-corrected chi connectivity index (χ3v) is 5.77. The summed E-state index contributed by atoms with van der Waals surface area (Å²) < 4.78 is 0. The van der Waals surface area contributed by atoms with Gasteiger partial charge in [0.05, 0.1) is 12.6 Å².